The number of rotatable bonds is 5. The molecule has 0 saturated carbocycles. The highest BCUT2D eigenvalue weighted by Gasteiger charge is 2.83. The number of carbonyl (C=O) groups excluding carboxylic acids is 1. The molecule has 6 heteroatoms. The number of hydrogen-bond acceptors (Lipinski definition) is 6. The molecule has 6 heterocycles. The predicted octanol–water partition coefficient (Wildman–Crippen LogP) is 2.62. The van der Waals surface area contributed by atoms with Gasteiger partial charge in [0.2, 0.25) is 0 Å². The topological polar surface area (TPSA) is 57.2 Å². The lowest BCUT2D eigenvalue weighted by Gasteiger charge is -2.49. The van der Waals surface area contributed by atoms with Gasteiger partial charge < -0.3 is 18.9 Å². The average molecular weight is 389 g/mol. The van der Waals surface area contributed by atoms with Gasteiger partial charge in [-0.2, -0.15) is 0 Å². The van der Waals surface area contributed by atoms with Gasteiger partial charge in [-0.15, -0.1) is 0 Å². The van der Waals surface area contributed by atoms with E-state index in [1.54, 1.807) is 14.0 Å². The van der Waals surface area contributed by atoms with Crippen molar-refractivity contribution in [2.24, 2.45) is 17.8 Å². The normalized spacial score (nSPS) is 55.4. The van der Waals surface area contributed by atoms with E-state index in [2.05, 4.69) is 18.7 Å². The van der Waals surface area contributed by atoms with E-state index in [4.69, 9.17) is 18.9 Å². The first-order valence-corrected chi connectivity index (χ1v) is 11.1. The summed E-state index contributed by atoms with van der Waals surface area (Å²) in [7, 11) is 1.62. The average Bonchev–Trinajstić information content (AvgIpc) is 3.38. The molecule has 0 aromatic carbocycles. The highest BCUT2D eigenvalue weighted by atomic mass is 16.7. The van der Waals surface area contributed by atoms with Crippen LogP contribution in [0.2, 0.25) is 0 Å². The summed E-state index contributed by atoms with van der Waals surface area (Å²) in [4.78, 5) is 15.0. The van der Waals surface area contributed by atoms with Crippen molar-refractivity contribution in [3.05, 3.63) is 11.3 Å². The fourth-order valence-corrected chi connectivity index (χ4v) is 8.05. The molecular formula is C22H31NO5. The first-order chi connectivity index (χ1) is 13.5. The Morgan fingerprint density at radius 2 is 2.14 bits per heavy atom. The molecule has 10 atom stereocenters. The molecule has 1 spiro atoms. The zero-order chi connectivity index (χ0) is 19.4. The van der Waals surface area contributed by atoms with Gasteiger partial charge in [-0.25, -0.2) is 4.79 Å². The van der Waals surface area contributed by atoms with E-state index in [-0.39, 0.29) is 23.5 Å². The zero-order valence-corrected chi connectivity index (χ0v) is 17.3. The number of esters is 1. The van der Waals surface area contributed by atoms with Crippen molar-refractivity contribution in [2.45, 2.75) is 88.6 Å². The van der Waals surface area contributed by atoms with Crippen molar-refractivity contribution in [3.63, 3.8) is 0 Å². The van der Waals surface area contributed by atoms with E-state index in [0.717, 1.165) is 12.8 Å². The standard InChI is InChI=1S/C22H31NO5/c1-5-6-8-21-14-7-9-23(21)13-10-15(21)27-22(14)16(13)11(2)18(28-22)19-17(25-4)12(3)20(24)26-19/h11,13-16,18-19H,5-10H2,1-4H3/t11-,13-,14-,15+,16+,18-,19-,21+,22+/m0/s1. The Kier molecular flexibility index (Phi) is 3.50. The van der Waals surface area contributed by atoms with Crippen LogP contribution in [0, 0.1) is 17.8 Å². The van der Waals surface area contributed by atoms with Crippen LogP contribution in [0.25, 0.3) is 0 Å². The maximum Gasteiger partial charge on any atom is 0.338 e. The fourth-order valence-electron chi connectivity index (χ4n) is 8.05. The first kappa shape index (κ1) is 17.7. The van der Waals surface area contributed by atoms with Gasteiger partial charge in [-0.05, 0) is 38.6 Å². The third kappa shape index (κ3) is 1.72. The van der Waals surface area contributed by atoms with Crippen LogP contribution in [0.15, 0.2) is 11.3 Å². The molecule has 0 radical (unpaired) electrons. The van der Waals surface area contributed by atoms with Gasteiger partial charge >= 0.3 is 5.97 Å². The molecule has 5 bridgehead atoms. The Labute approximate surface area is 166 Å². The summed E-state index contributed by atoms with van der Waals surface area (Å²) in [5, 5.41) is 0. The summed E-state index contributed by atoms with van der Waals surface area (Å²) in [6.07, 6.45) is 5.60. The van der Waals surface area contributed by atoms with Gasteiger partial charge in [0.15, 0.2) is 11.9 Å². The van der Waals surface area contributed by atoms with Crippen molar-refractivity contribution >= 4 is 5.97 Å². The third-order valence-corrected chi connectivity index (χ3v) is 8.92. The monoisotopic (exact) mass is 389 g/mol. The number of carbonyl (C=O) groups is 1. The number of fused-ring (bicyclic) bond motifs is 1. The van der Waals surface area contributed by atoms with Gasteiger partial charge in [0.25, 0.3) is 0 Å². The summed E-state index contributed by atoms with van der Waals surface area (Å²) < 4.78 is 25.0. The molecule has 6 rings (SSSR count). The molecule has 0 aromatic rings. The van der Waals surface area contributed by atoms with Gasteiger partial charge in [-0.3, -0.25) is 4.90 Å². The van der Waals surface area contributed by atoms with Gasteiger partial charge in [0, 0.05) is 17.9 Å². The smallest absolute Gasteiger partial charge is 0.338 e. The lowest BCUT2D eigenvalue weighted by molar-refractivity contribution is -0.280. The number of methoxy groups -OCH3 is 1. The van der Waals surface area contributed by atoms with Crippen LogP contribution in [0.4, 0.5) is 0 Å². The molecule has 0 amide bonds. The molecule has 0 aliphatic carbocycles. The maximum atomic E-state index is 12.2. The molecule has 6 aliphatic rings. The summed E-state index contributed by atoms with van der Waals surface area (Å²) in [5.41, 5.74) is 0.739. The van der Waals surface area contributed by atoms with Crippen LogP contribution in [0.3, 0.4) is 0 Å². The largest absolute Gasteiger partial charge is 0.496 e. The number of unbranched alkanes of at least 4 members (excludes halogenated alkanes) is 1. The Morgan fingerprint density at radius 1 is 1.32 bits per heavy atom. The Balaban J connectivity index is 1.39. The summed E-state index contributed by atoms with van der Waals surface area (Å²) in [6, 6.07) is 0.530. The first-order valence-electron chi connectivity index (χ1n) is 11.1. The second kappa shape index (κ2) is 5.52. The van der Waals surface area contributed by atoms with Crippen molar-refractivity contribution in [3.8, 4) is 0 Å². The van der Waals surface area contributed by atoms with Crippen LogP contribution >= 0.6 is 0 Å². The van der Waals surface area contributed by atoms with Gasteiger partial charge in [-0.1, -0.05) is 26.7 Å². The fraction of sp³-hybridized carbons (Fsp3) is 0.864. The minimum Gasteiger partial charge on any atom is -0.496 e. The molecular weight excluding hydrogens is 358 g/mol. The van der Waals surface area contributed by atoms with Crippen molar-refractivity contribution in [1.82, 2.24) is 4.90 Å². The molecule has 28 heavy (non-hydrogen) atoms. The Hall–Kier alpha value is -1.11. The molecule has 0 aromatic heterocycles. The Morgan fingerprint density at radius 3 is 2.89 bits per heavy atom. The van der Waals surface area contributed by atoms with Crippen LogP contribution in [-0.4, -0.2) is 60.2 Å². The summed E-state index contributed by atoms with van der Waals surface area (Å²) >= 11 is 0. The zero-order valence-electron chi connectivity index (χ0n) is 17.3. The lowest BCUT2D eigenvalue weighted by Crippen LogP contribution is -2.61. The molecule has 5 saturated heterocycles. The number of cyclic esters (lactones) is 1. The Bertz CT molecular complexity index is 766. The van der Waals surface area contributed by atoms with E-state index < -0.39 is 11.9 Å². The minimum atomic E-state index is -0.500. The predicted molar refractivity (Wildman–Crippen MR) is 100 cm³/mol. The van der Waals surface area contributed by atoms with E-state index in [9.17, 15) is 4.79 Å². The van der Waals surface area contributed by atoms with Crippen LogP contribution in [-0.2, 0) is 23.7 Å². The van der Waals surface area contributed by atoms with Crippen molar-refractivity contribution in [1.29, 1.82) is 0 Å². The number of nitrogens with zero attached hydrogens (tertiary/aromatic N) is 1. The van der Waals surface area contributed by atoms with E-state index >= 15 is 0 Å². The minimum absolute atomic E-state index is 0.175. The van der Waals surface area contributed by atoms with E-state index in [1.165, 1.54) is 25.8 Å². The van der Waals surface area contributed by atoms with Crippen LogP contribution < -0.4 is 0 Å². The van der Waals surface area contributed by atoms with Crippen LogP contribution in [0.1, 0.15) is 52.9 Å². The number of ether oxygens (including phenoxy) is 4. The van der Waals surface area contributed by atoms with Crippen molar-refractivity contribution < 1.29 is 23.7 Å². The quantitative estimate of drug-likeness (QED) is 0.674. The summed E-state index contributed by atoms with van der Waals surface area (Å²) in [5.74, 6) is 0.872. The highest BCUT2D eigenvalue weighted by Crippen LogP contribution is 2.72. The van der Waals surface area contributed by atoms with Crippen molar-refractivity contribution in [2.75, 3.05) is 13.7 Å². The highest BCUT2D eigenvalue weighted by molar-refractivity contribution is 5.91. The maximum absolute atomic E-state index is 12.2. The lowest BCUT2D eigenvalue weighted by atomic mass is 9.69. The van der Waals surface area contributed by atoms with E-state index in [0.29, 0.717) is 35.3 Å². The van der Waals surface area contributed by atoms with Gasteiger partial charge in [0.05, 0.1) is 24.3 Å². The molecule has 154 valence electrons. The SMILES string of the molecule is CCCC[C@]12[C@@H]3CCN1[C@H]1C[C@H]2O[C@@]32O[C@H]([C@H]3OC(=O)C(C)=C3OC)[C@@H](C)[C@H]12. The number of piperidine rings is 1. The van der Waals surface area contributed by atoms with Gasteiger partial charge in [0.1, 0.15) is 11.9 Å². The summed E-state index contributed by atoms with van der Waals surface area (Å²) in [6.45, 7) is 7.49. The number of hydrogen-bond donors (Lipinski definition) is 0. The second-order valence-corrected chi connectivity index (χ2v) is 9.75. The van der Waals surface area contributed by atoms with Crippen LogP contribution in [0.5, 0.6) is 0 Å². The molecule has 0 N–H and O–H groups in total. The third-order valence-electron chi connectivity index (χ3n) is 8.92. The molecule has 6 aliphatic heterocycles. The molecule has 6 nitrogen and oxygen atoms in total. The second-order valence-electron chi connectivity index (χ2n) is 9.75. The molecule has 1 unspecified atom stereocenters. The molecule has 5 fully saturated rings. The van der Waals surface area contributed by atoms with E-state index in [1.807, 2.05) is 0 Å².